The first kappa shape index (κ1) is 38.0. The van der Waals surface area contributed by atoms with Gasteiger partial charge in [0.15, 0.2) is 0 Å². The standard InChI is InChI=1S/C35H58N4O6/c1-4-5-6-7-8-9-10-11-12-13-14-15-16-17-18-20-24-37-34(42)44-27-32-25-33(39(32)30(3)41)28-45-35(43)38(29(2)40)26-31-22-19-21-23-36-31/h19,21-23,32-33H,4-18,20,24-28H2,1-3H3,(H,37,42). The second-order valence-corrected chi connectivity index (χ2v) is 12.3. The number of alkyl carbamates (subject to hydrolysis) is 1. The lowest BCUT2D eigenvalue weighted by Crippen LogP contribution is -2.62. The van der Waals surface area contributed by atoms with E-state index >= 15 is 0 Å². The molecule has 1 aromatic heterocycles. The number of rotatable bonds is 23. The van der Waals surface area contributed by atoms with Gasteiger partial charge in [0.05, 0.1) is 24.3 Å². The zero-order valence-corrected chi connectivity index (χ0v) is 28.1. The number of carbonyl (C=O) groups is 4. The number of hydrogen-bond acceptors (Lipinski definition) is 7. The van der Waals surface area contributed by atoms with E-state index in [0.29, 0.717) is 18.7 Å². The Bertz CT molecular complexity index is 992. The van der Waals surface area contributed by atoms with Crippen LogP contribution in [0.2, 0.25) is 0 Å². The van der Waals surface area contributed by atoms with Gasteiger partial charge in [0, 0.05) is 26.6 Å². The van der Waals surface area contributed by atoms with Crippen LogP contribution in [-0.2, 0) is 25.6 Å². The summed E-state index contributed by atoms with van der Waals surface area (Å²) in [5.74, 6) is -0.652. The number of carbonyl (C=O) groups excluding carboxylic acids is 4. The fourth-order valence-corrected chi connectivity index (χ4v) is 5.80. The van der Waals surface area contributed by atoms with Crippen molar-refractivity contribution in [3.8, 4) is 0 Å². The zero-order chi connectivity index (χ0) is 32.7. The van der Waals surface area contributed by atoms with Crippen LogP contribution in [0.5, 0.6) is 0 Å². The highest BCUT2D eigenvalue weighted by Crippen LogP contribution is 2.27. The highest BCUT2D eigenvalue weighted by molar-refractivity contribution is 5.90. The number of hydrogen-bond donors (Lipinski definition) is 1. The quantitative estimate of drug-likeness (QED) is 0.124. The van der Waals surface area contributed by atoms with E-state index in [2.05, 4.69) is 17.2 Å². The Morgan fingerprint density at radius 1 is 0.800 bits per heavy atom. The number of nitrogens with one attached hydrogen (secondary N) is 1. The van der Waals surface area contributed by atoms with Gasteiger partial charge in [0.1, 0.15) is 13.2 Å². The second-order valence-electron chi connectivity index (χ2n) is 12.3. The van der Waals surface area contributed by atoms with Crippen molar-refractivity contribution >= 4 is 24.0 Å². The molecule has 1 fully saturated rings. The number of imide groups is 1. The summed E-state index contributed by atoms with van der Waals surface area (Å²) in [5, 5.41) is 2.80. The lowest BCUT2D eigenvalue weighted by atomic mass is 9.94. The fourth-order valence-electron chi connectivity index (χ4n) is 5.80. The molecule has 4 amide bonds. The first-order valence-corrected chi connectivity index (χ1v) is 17.4. The summed E-state index contributed by atoms with van der Waals surface area (Å²) in [5.41, 5.74) is 0.559. The van der Waals surface area contributed by atoms with Crippen LogP contribution in [0.15, 0.2) is 24.4 Å². The van der Waals surface area contributed by atoms with Gasteiger partial charge < -0.3 is 19.7 Å². The molecule has 0 bridgehead atoms. The summed E-state index contributed by atoms with van der Waals surface area (Å²) >= 11 is 0. The minimum absolute atomic E-state index is 0.00110. The number of ether oxygens (including phenoxy) is 2. The normalized spacial score (nSPS) is 15.7. The van der Waals surface area contributed by atoms with Gasteiger partial charge in [0.25, 0.3) is 0 Å². The predicted octanol–water partition coefficient (Wildman–Crippen LogP) is 7.54. The van der Waals surface area contributed by atoms with E-state index in [-0.39, 0.29) is 37.7 Å². The van der Waals surface area contributed by atoms with Gasteiger partial charge in [-0.2, -0.15) is 0 Å². The molecule has 1 saturated heterocycles. The topological polar surface area (TPSA) is 118 Å². The molecule has 45 heavy (non-hydrogen) atoms. The molecule has 2 rings (SSSR count). The Morgan fingerprint density at radius 3 is 1.82 bits per heavy atom. The van der Waals surface area contributed by atoms with E-state index in [1.807, 2.05) is 0 Å². The molecule has 2 atom stereocenters. The summed E-state index contributed by atoms with van der Waals surface area (Å²) in [7, 11) is 0. The van der Waals surface area contributed by atoms with E-state index in [0.717, 1.165) is 17.7 Å². The third-order valence-corrected chi connectivity index (χ3v) is 8.45. The molecule has 0 radical (unpaired) electrons. The smallest absolute Gasteiger partial charge is 0.416 e. The minimum atomic E-state index is -0.787. The summed E-state index contributed by atoms with van der Waals surface area (Å²) in [6.45, 7) is 5.58. The summed E-state index contributed by atoms with van der Waals surface area (Å²) in [6.07, 6.45) is 21.7. The minimum Gasteiger partial charge on any atom is -0.447 e. The van der Waals surface area contributed by atoms with Gasteiger partial charge in [-0.15, -0.1) is 0 Å². The number of nitrogens with zero attached hydrogens (tertiary/aromatic N) is 3. The molecule has 0 saturated carbocycles. The molecule has 0 aromatic carbocycles. The number of unbranched alkanes of at least 4 members (excludes halogenated alkanes) is 15. The van der Waals surface area contributed by atoms with Crippen molar-refractivity contribution in [2.24, 2.45) is 0 Å². The molecular formula is C35H58N4O6. The Labute approximate surface area is 271 Å². The third-order valence-electron chi connectivity index (χ3n) is 8.45. The average molecular weight is 631 g/mol. The lowest BCUT2D eigenvalue weighted by Gasteiger charge is -2.47. The maximum Gasteiger partial charge on any atom is 0.416 e. The third kappa shape index (κ3) is 16.1. The predicted molar refractivity (Wildman–Crippen MR) is 175 cm³/mol. The van der Waals surface area contributed by atoms with Gasteiger partial charge in [0.2, 0.25) is 11.8 Å². The Hall–Kier alpha value is -3.17. The van der Waals surface area contributed by atoms with Crippen LogP contribution >= 0.6 is 0 Å². The zero-order valence-electron chi connectivity index (χ0n) is 28.1. The van der Waals surface area contributed by atoms with Crippen molar-refractivity contribution in [2.75, 3.05) is 19.8 Å². The molecule has 10 nitrogen and oxygen atoms in total. The van der Waals surface area contributed by atoms with Crippen molar-refractivity contribution in [1.29, 1.82) is 0 Å². The molecule has 10 heteroatoms. The van der Waals surface area contributed by atoms with Crippen molar-refractivity contribution in [1.82, 2.24) is 20.1 Å². The van der Waals surface area contributed by atoms with Gasteiger partial charge in [-0.25, -0.2) is 14.5 Å². The van der Waals surface area contributed by atoms with Gasteiger partial charge in [-0.1, -0.05) is 109 Å². The van der Waals surface area contributed by atoms with Crippen molar-refractivity contribution < 1.29 is 28.7 Å². The SMILES string of the molecule is CCCCCCCCCCCCCCCCCCNC(=O)OCC1CC(COC(=O)N(Cc2ccccn2)C(C)=O)N1C(C)=O. The lowest BCUT2D eigenvalue weighted by molar-refractivity contribution is -0.148. The van der Waals surface area contributed by atoms with E-state index in [1.165, 1.54) is 104 Å². The van der Waals surface area contributed by atoms with Crippen LogP contribution in [-0.4, -0.2) is 70.6 Å². The summed E-state index contributed by atoms with van der Waals surface area (Å²) < 4.78 is 10.7. The molecular weight excluding hydrogens is 572 g/mol. The summed E-state index contributed by atoms with van der Waals surface area (Å²) in [4.78, 5) is 55.6. The van der Waals surface area contributed by atoms with E-state index in [1.54, 1.807) is 29.3 Å². The van der Waals surface area contributed by atoms with Crippen molar-refractivity contribution in [3.63, 3.8) is 0 Å². The highest BCUT2D eigenvalue weighted by Gasteiger charge is 2.42. The fraction of sp³-hybridized carbons (Fsp3) is 0.743. The molecule has 2 unspecified atom stereocenters. The Balaban J connectivity index is 1.48. The maximum atomic E-state index is 12.6. The van der Waals surface area contributed by atoms with Crippen molar-refractivity contribution in [3.05, 3.63) is 30.1 Å². The van der Waals surface area contributed by atoms with Gasteiger partial charge in [-0.05, 0) is 25.0 Å². The number of aromatic nitrogens is 1. The number of amides is 4. The van der Waals surface area contributed by atoms with E-state index < -0.39 is 18.1 Å². The molecule has 1 N–H and O–H groups in total. The van der Waals surface area contributed by atoms with E-state index in [9.17, 15) is 19.2 Å². The van der Waals surface area contributed by atoms with Crippen LogP contribution in [0, 0.1) is 0 Å². The van der Waals surface area contributed by atoms with Crippen LogP contribution < -0.4 is 5.32 Å². The Kier molecular flexibility index (Phi) is 19.6. The molecule has 2 heterocycles. The van der Waals surface area contributed by atoms with Gasteiger partial charge >= 0.3 is 12.2 Å². The first-order valence-electron chi connectivity index (χ1n) is 17.4. The molecule has 0 spiro atoms. The number of pyridine rings is 1. The number of likely N-dealkylation sites (tertiary alicyclic amines) is 1. The van der Waals surface area contributed by atoms with Crippen LogP contribution in [0.1, 0.15) is 136 Å². The molecule has 1 aliphatic rings. The average Bonchev–Trinajstić information content (AvgIpc) is 3.00. The maximum absolute atomic E-state index is 12.6. The van der Waals surface area contributed by atoms with E-state index in [4.69, 9.17) is 9.47 Å². The van der Waals surface area contributed by atoms with Crippen LogP contribution in [0.3, 0.4) is 0 Å². The molecule has 1 aromatic rings. The largest absolute Gasteiger partial charge is 0.447 e. The summed E-state index contributed by atoms with van der Waals surface area (Å²) in [6, 6.07) is 4.63. The second kappa shape index (κ2) is 23.2. The monoisotopic (exact) mass is 630 g/mol. The Morgan fingerprint density at radius 2 is 1.33 bits per heavy atom. The van der Waals surface area contributed by atoms with Crippen LogP contribution in [0.25, 0.3) is 0 Å². The molecule has 0 aliphatic carbocycles. The van der Waals surface area contributed by atoms with Crippen LogP contribution in [0.4, 0.5) is 9.59 Å². The molecule has 254 valence electrons. The first-order chi connectivity index (χ1) is 21.8. The van der Waals surface area contributed by atoms with Crippen molar-refractivity contribution in [2.45, 2.75) is 149 Å². The van der Waals surface area contributed by atoms with Gasteiger partial charge in [-0.3, -0.25) is 14.6 Å². The highest BCUT2D eigenvalue weighted by atomic mass is 16.6. The molecule has 1 aliphatic heterocycles.